The van der Waals surface area contributed by atoms with E-state index in [1.54, 1.807) is 12.1 Å². The summed E-state index contributed by atoms with van der Waals surface area (Å²) in [6.07, 6.45) is 0. The number of halogens is 3. The van der Waals surface area contributed by atoms with E-state index in [4.69, 9.17) is 27.9 Å². The fourth-order valence-electron chi connectivity index (χ4n) is 1.20. The summed E-state index contributed by atoms with van der Waals surface area (Å²) >= 11 is 15.1. The van der Waals surface area contributed by atoms with Crippen LogP contribution in [0.2, 0.25) is 10.3 Å². The molecule has 0 fully saturated rings. The van der Waals surface area contributed by atoms with Gasteiger partial charge in [-0.05, 0) is 39.7 Å². The minimum atomic E-state index is 0.0440. The average molecular weight is 350 g/mol. The number of ether oxygens (including phenoxy) is 1. The maximum atomic E-state index is 5.98. The Labute approximate surface area is 122 Å². The summed E-state index contributed by atoms with van der Waals surface area (Å²) in [5.74, 6) is 0.273. The zero-order valence-corrected chi connectivity index (χ0v) is 12.2. The number of nitrogens with zero attached hydrogens (tertiary/aromatic N) is 3. The Balaban J connectivity index is 2.34. The molecule has 0 spiro atoms. The zero-order valence-electron chi connectivity index (χ0n) is 9.12. The molecule has 0 aliphatic rings. The molecule has 0 saturated carbocycles. The molecule has 0 amide bonds. The topological polar surface area (TPSA) is 59.9 Å². The van der Waals surface area contributed by atoms with Gasteiger partial charge in [0, 0.05) is 0 Å². The van der Waals surface area contributed by atoms with Crippen LogP contribution < -0.4 is 10.1 Å². The van der Waals surface area contributed by atoms with Crippen molar-refractivity contribution in [2.45, 2.75) is 0 Å². The molecular weight excluding hydrogens is 343 g/mol. The summed E-state index contributed by atoms with van der Waals surface area (Å²) in [4.78, 5) is 11.7. The monoisotopic (exact) mass is 348 g/mol. The average Bonchev–Trinajstić information content (AvgIpc) is 2.34. The lowest BCUT2D eigenvalue weighted by molar-refractivity contribution is 0.379. The third-order valence-corrected chi connectivity index (χ3v) is 3.53. The fraction of sp³-hybridized carbons (Fsp3) is 0.100. The van der Waals surface area contributed by atoms with Gasteiger partial charge in [-0.2, -0.15) is 15.0 Å². The van der Waals surface area contributed by atoms with E-state index in [1.165, 1.54) is 7.11 Å². The second-order valence-electron chi connectivity index (χ2n) is 3.14. The maximum absolute atomic E-state index is 5.98. The van der Waals surface area contributed by atoms with Crippen molar-refractivity contribution in [2.75, 3.05) is 12.4 Å². The molecule has 18 heavy (non-hydrogen) atoms. The molecule has 94 valence electrons. The van der Waals surface area contributed by atoms with Crippen LogP contribution in [0, 0.1) is 0 Å². The van der Waals surface area contributed by atoms with E-state index < -0.39 is 0 Å². The molecule has 0 atom stereocenters. The standard InChI is InChI=1S/C10H7BrCl2N4O/c1-18-10-16-8(13)15-9(17-10)14-6-4-2-3-5(12)7(6)11/h2-4H,1H3,(H,14,15,16,17). The molecular formula is C10H7BrCl2N4O. The normalized spacial score (nSPS) is 10.2. The van der Waals surface area contributed by atoms with E-state index in [1.807, 2.05) is 6.07 Å². The maximum Gasteiger partial charge on any atom is 0.322 e. The first-order valence-electron chi connectivity index (χ1n) is 4.76. The van der Waals surface area contributed by atoms with Crippen molar-refractivity contribution in [1.29, 1.82) is 0 Å². The molecule has 0 aliphatic heterocycles. The number of anilines is 2. The molecule has 1 heterocycles. The minimum Gasteiger partial charge on any atom is -0.467 e. The van der Waals surface area contributed by atoms with Gasteiger partial charge < -0.3 is 10.1 Å². The first-order valence-corrected chi connectivity index (χ1v) is 6.31. The van der Waals surface area contributed by atoms with Gasteiger partial charge in [0.1, 0.15) is 0 Å². The van der Waals surface area contributed by atoms with E-state index in [0.29, 0.717) is 15.2 Å². The lowest BCUT2D eigenvalue weighted by atomic mass is 10.3. The van der Waals surface area contributed by atoms with E-state index in [9.17, 15) is 0 Å². The van der Waals surface area contributed by atoms with Gasteiger partial charge in [0.15, 0.2) is 0 Å². The van der Waals surface area contributed by atoms with Gasteiger partial charge in [0.2, 0.25) is 11.2 Å². The third-order valence-electron chi connectivity index (χ3n) is 1.97. The highest BCUT2D eigenvalue weighted by Gasteiger charge is 2.08. The Kier molecular flexibility index (Phi) is 4.21. The predicted molar refractivity (Wildman–Crippen MR) is 73.8 cm³/mol. The van der Waals surface area contributed by atoms with Gasteiger partial charge in [0.25, 0.3) is 0 Å². The Morgan fingerprint density at radius 2 is 2.00 bits per heavy atom. The van der Waals surface area contributed by atoms with Gasteiger partial charge in [-0.3, -0.25) is 0 Å². The molecule has 0 saturated heterocycles. The molecule has 2 rings (SSSR count). The lowest BCUT2D eigenvalue weighted by Gasteiger charge is -2.08. The molecule has 1 aromatic carbocycles. The van der Waals surface area contributed by atoms with Gasteiger partial charge in [-0.25, -0.2) is 0 Å². The van der Waals surface area contributed by atoms with Crippen molar-refractivity contribution in [2.24, 2.45) is 0 Å². The van der Waals surface area contributed by atoms with Gasteiger partial charge >= 0.3 is 6.01 Å². The molecule has 1 N–H and O–H groups in total. The van der Waals surface area contributed by atoms with Crippen LogP contribution >= 0.6 is 39.1 Å². The van der Waals surface area contributed by atoms with Crippen molar-refractivity contribution in [1.82, 2.24) is 15.0 Å². The number of hydrogen-bond donors (Lipinski definition) is 1. The van der Waals surface area contributed by atoms with Crippen LogP contribution in [-0.4, -0.2) is 22.1 Å². The molecule has 0 aliphatic carbocycles. The minimum absolute atomic E-state index is 0.0440. The highest BCUT2D eigenvalue weighted by molar-refractivity contribution is 9.10. The summed E-state index contributed by atoms with van der Waals surface area (Å²) in [5.41, 5.74) is 0.715. The second kappa shape index (κ2) is 5.69. The molecule has 8 heteroatoms. The molecule has 0 bridgehead atoms. The largest absolute Gasteiger partial charge is 0.467 e. The van der Waals surface area contributed by atoms with Gasteiger partial charge in [0.05, 0.1) is 22.3 Å². The Bertz CT molecular complexity index is 582. The SMILES string of the molecule is COc1nc(Cl)nc(Nc2cccc(Cl)c2Br)n1. The van der Waals surface area contributed by atoms with Gasteiger partial charge in [-0.1, -0.05) is 17.7 Å². The van der Waals surface area contributed by atoms with Crippen molar-refractivity contribution in [3.63, 3.8) is 0 Å². The molecule has 5 nitrogen and oxygen atoms in total. The van der Waals surface area contributed by atoms with Crippen LogP contribution in [0.25, 0.3) is 0 Å². The van der Waals surface area contributed by atoms with Crippen molar-refractivity contribution < 1.29 is 4.74 Å². The van der Waals surface area contributed by atoms with Crippen molar-refractivity contribution >= 4 is 50.8 Å². The summed E-state index contributed by atoms with van der Waals surface area (Å²) < 4.78 is 5.61. The number of benzene rings is 1. The summed E-state index contributed by atoms with van der Waals surface area (Å²) in [6, 6.07) is 5.52. The van der Waals surface area contributed by atoms with Crippen LogP contribution in [-0.2, 0) is 0 Å². The Morgan fingerprint density at radius 3 is 2.72 bits per heavy atom. The highest BCUT2D eigenvalue weighted by Crippen LogP contribution is 2.31. The summed E-state index contributed by atoms with van der Waals surface area (Å²) in [5, 5.41) is 3.59. The van der Waals surface area contributed by atoms with Crippen LogP contribution in [0.4, 0.5) is 11.6 Å². The molecule has 1 aromatic heterocycles. The smallest absolute Gasteiger partial charge is 0.322 e. The number of nitrogens with one attached hydrogen (secondary N) is 1. The highest BCUT2D eigenvalue weighted by atomic mass is 79.9. The predicted octanol–water partition coefficient (Wildman–Crippen LogP) is 3.69. The van der Waals surface area contributed by atoms with Crippen LogP contribution in [0.15, 0.2) is 22.7 Å². The van der Waals surface area contributed by atoms with E-state index >= 15 is 0 Å². The Hall–Kier alpha value is -1.11. The second-order valence-corrected chi connectivity index (χ2v) is 4.68. The zero-order chi connectivity index (χ0) is 13.1. The third kappa shape index (κ3) is 3.01. The Morgan fingerprint density at radius 1 is 1.22 bits per heavy atom. The number of rotatable bonds is 3. The van der Waals surface area contributed by atoms with Crippen LogP contribution in [0.1, 0.15) is 0 Å². The van der Waals surface area contributed by atoms with Gasteiger partial charge in [-0.15, -0.1) is 0 Å². The first kappa shape index (κ1) is 13.3. The van der Waals surface area contributed by atoms with Crippen LogP contribution in [0.5, 0.6) is 6.01 Å². The summed E-state index contributed by atoms with van der Waals surface area (Å²) in [6.45, 7) is 0. The van der Waals surface area contributed by atoms with Crippen LogP contribution in [0.3, 0.4) is 0 Å². The van der Waals surface area contributed by atoms with E-state index in [0.717, 1.165) is 0 Å². The number of aromatic nitrogens is 3. The first-order chi connectivity index (χ1) is 8.60. The quantitative estimate of drug-likeness (QED) is 0.915. The number of hydrogen-bond acceptors (Lipinski definition) is 5. The fourth-order valence-corrected chi connectivity index (χ4v) is 1.89. The van der Waals surface area contributed by atoms with E-state index in [2.05, 4.69) is 36.2 Å². The summed E-state index contributed by atoms with van der Waals surface area (Å²) in [7, 11) is 1.45. The molecule has 0 radical (unpaired) electrons. The van der Waals surface area contributed by atoms with E-state index in [-0.39, 0.29) is 17.2 Å². The molecule has 0 unspecified atom stereocenters. The van der Waals surface area contributed by atoms with Crippen molar-refractivity contribution in [3.8, 4) is 6.01 Å². The number of methoxy groups -OCH3 is 1. The molecule has 2 aromatic rings. The van der Waals surface area contributed by atoms with Crippen molar-refractivity contribution in [3.05, 3.63) is 33.0 Å². The lowest BCUT2D eigenvalue weighted by Crippen LogP contribution is -2.02.